The Morgan fingerprint density at radius 3 is 2.92 bits per heavy atom. The van der Waals surface area contributed by atoms with Crippen LogP contribution in [0.3, 0.4) is 0 Å². The lowest BCUT2D eigenvalue weighted by molar-refractivity contribution is -0.690. The summed E-state index contributed by atoms with van der Waals surface area (Å²) in [6.45, 7) is 0.890. The molecule has 7 heteroatoms. The lowest BCUT2D eigenvalue weighted by Gasteiger charge is -2.22. The number of nitrogens with zero attached hydrogens (tertiary/aromatic N) is 1. The first-order valence-electron chi connectivity index (χ1n) is 8.04. The van der Waals surface area contributed by atoms with Crippen LogP contribution in [0.1, 0.15) is 22.9 Å². The third-order valence-corrected chi connectivity index (χ3v) is 5.12. The van der Waals surface area contributed by atoms with Crippen LogP contribution in [0.4, 0.5) is 5.69 Å². The van der Waals surface area contributed by atoms with Crippen molar-refractivity contribution >= 4 is 28.2 Å². The summed E-state index contributed by atoms with van der Waals surface area (Å²) in [6.07, 6.45) is 0.922. The highest BCUT2D eigenvalue weighted by Crippen LogP contribution is 2.35. The van der Waals surface area contributed by atoms with E-state index in [0.717, 1.165) is 40.9 Å². The molecule has 4 rings (SSSR count). The quantitative estimate of drug-likeness (QED) is 0.557. The highest BCUT2D eigenvalue weighted by atomic mass is 35.5. The number of non-ortho nitro benzene ring substituents is 1. The molecule has 1 atom stereocenters. The molecule has 2 heterocycles. The molecule has 3 N–H and O–H groups in total. The van der Waals surface area contributed by atoms with E-state index in [1.165, 1.54) is 11.6 Å². The van der Waals surface area contributed by atoms with Gasteiger partial charge in [0.25, 0.3) is 5.69 Å². The van der Waals surface area contributed by atoms with Crippen LogP contribution >= 0.6 is 11.6 Å². The van der Waals surface area contributed by atoms with Crippen molar-refractivity contribution in [1.82, 2.24) is 4.98 Å². The zero-order chi connectivity index (χ0) is 17.6. The van der Waals surface area contributed by atoms with E-state index < -0.39 is 0 Å². The van der Waals surface area contributed by atoms with Crippen LogP contribution < -0.4 is 10.1 Å². The van der Waals surface area contributed by atoms with Gasteiger partial charge in [0, 0.05) is 35.0 Å². The van der Waals surface area contributed by atoms with Crippen LogP contribution in [0.5, 0.6) is 5.75 Å². The van der Waals surface area contributed by atoms with E-state index in [-0.39, 0.29) is 16.7 Å². The van der Waals surface area contributed by atoms with Crippen LogP contribution in [0, 0.1) is 10.1 Å². The van der Waals surface area contributed by atoms with Gasteiger partial charge in [-0.05, 0) is 29.8 Å². The second-order valence-corrected chi connectivity index (χ2v) is 6.55. The average molecular weight is 359 g/mol. The third kappa shape index (κ3) is 2.63. The standard InChI is InChI=1S/C18H16ClN3O3/c1-25-11-3-5-16-13(9-11)12-6-7-20-17(18(12)21-16)14-8-10(22(23)24)2-4-15(14)19/h2-5,8-9,17,20-21H,6-7H2,1H3/p+1/t17-/m0/s1. The zero-order valence-corrected chi connectivity index (χ0v) is 14.3. The summed E-state index contributed by atoms with van der Waals surface area (Å²) in [5.74, 6) is 0.814. The molecule has 1 aliphatic heterocycles. The maximum atomic E-state index is 11.1. The van der Waals surface area contributed by atoms with Crippen molar-refractivity contribution in [1.29, 1.82) is 0 Å². The summed E-state index contributed by atoms with van der Waals surface area (Å²) in [5.41, 5.74) is 4.13. The van der Waals surface area contributed by atoms with Gasteiger partial charge in [0.15, 0.2) is 6.04 Å². The van der Waals surface area contributed by atoms with Crippen molar-refractivity contribution in [2.45, 2.75) is 12.5 Å². The molecule has 0 amide bonds. The molecular formula is C18H17ClN3O3+. The minimum Gasteiger partial charge on any atom is -0.497 e. The largest absolute Gasteiger partial charge is 0.497 e. The molecule has 0 aliphatic carbocycles. The summed E-state index contributed by atoms with van der Waals surface area (Å²) >= 11 is 6.37. The van der Waals surface area contributed by atoms with Crippen LogP contribution in [-0.4, -0.2) is 23.6 Å². The Morgan fingerprint density at radius 1 is 1.32 bits per heavy atom. The number of methoxy groups -OCH3 is 1. The number of nitrogens with one attached hydrogen (secondary N) is 1. The van der Waals surface area contributed by atoms with E-state index in [1.807, 2.05) is 18.2 Å². The second kappa shape index (κ2) is 6.06. The average Bonchev–Trinajstić information content (AvgIpc) is 2.99. The number of nitro benzene ring substituents is 1. The summed E-state index contributed by atoms with van der Waals surface area (Å²) in [7, 11) is 1.65. The molecule has 6 nitrogen and oxygen atoms in total. The first kappa shape index (κ1) is 15.9. The Balaban J connectivity index is 1.88. The number of halogens is 1. The Labute approximate surface area is 148 Å². The Kier molecular flexibility index (Phi) is 3.86. The van der Waals surface area contributed by atoms with Crippen LogP contribution in [0.25, 0.3) is 10.9 Å². The number of nitro groups is 1. The lowest BCUT2D eigenvalue weighted by Crippen LogP contribution is -2.87. The van der Waals surface area contributed by atoms with Crippen molar-refractivity contribution in [3.05, 3.63) is 68.4 Å². The lowest BCUT2D eigenvalue weighted by atomic mass is 9.94. The molecule has 0 radical (unpaired) electrons. The predicted molar refractivity (Wildman–Crippen MR) is 95.3 cm³/mol. The maximum Gasteiger partial charge on any atom is 0.270 e. The van der Waals surface area contributed by atoms with Gasteiger partial charge in [-0.1, -0.05) is 11.6 Å². The Hall–Kier alpha value is -2.57. The number of benzene rings is 2. The molecule has 0 spiro atoms. The number of hydrogen-bond donors (Lipinski definition) is 2. The number of aromatic amines is 1. The van der Waals surface area contributed by atoms with E-state index in [9.17, 15) is 10.1 Å². The SMILES string of the molecule is COc1ccc2[nH]c3c(c2c1)CC[NH2+][C@H]3c1cc([N+](=O)[O-])ccc1Cl. The number of rotatable bonds is 3. The fourth-order valence-corrected chi connectivity index (χ4v) is 3.82. The van der Waals surface area contributed by atoms with Gasteiger partial charge >= 0.3 is 0 Å². The highest BCUT2D eigenvalue weighted by Gasteiger charge is 2.31. The summed E-state index contributed by atoms with van der Waals surface area (Å²) < 4.78 is 5.34. The van der Waals surface area contributed by atoms with E-state index in [4.69, 9.17) is 16.3 Å². The van der Waals surface area contributed by atoms with Crippen molar-refractivity contribution in [3.63, 3.8) is 0 Å². The number of fused-ring (bicyclic) bond motifs is 3. The Bertz CT molecular complexity index is 983. The summed E-state index contributed by atoms with van der Waals surface area (Å²) in [5, 5.41) is 15.0. The number of ether oxygens (including phenoxy) is 1. The van der Waals surface area contributed by atoms with Gasteiger partial charge in [-0.15, -0.1) is 0 Å². The van der Waals surface area contributed by atoms with E-state index in [0.29, 0.717) is 5.02 Å². The molecule has 1 aromatic heterocycles. The fraction of sp³-hybridized carbons (Fsp3) is 0.222. The number of hydrogen-bond acceptors (Lipinski definition) is 3. The van der Waals surface area contributed by atoms with Gasteiger partial charge in [0.05, 0.1) is 29.3 Å². The van der Waals surface area contributed by atoms with Gasteiger partial charge in [-0.3, -0.25) is 10.1 Å². The van der Waals surface area contributed by atoms with Crippen LogP contribution in [0.2, 0.25) is 5.02 Å². The highest BCUT2D eigenvalue weighted by molar-refractivity contribution is 6.31. The predicted octanol–water partition coefficient (Wildman–Crippen LogP) is 2.95. The van der Waals surface area contributed by atoms with E-state index >= 15 is 0 Å². The van der Waals surface area contributed by atoms with Crippen molar-refractivity contribution in [3.8, 4) is 5.75 Å². The molecule has 0 saturated carbocycles. The first-order chi connectivity index (χ1) is 12.1. The molecule has 0 bridgehead atoms. The minimum absolute atomic E-state index is 0.0534. The summed E-state index contributed by atoms with van der Waals surface area (Å²) in [6, 6.07) is 10.5. The molecule has 25 heavy (non-hydrogen) atoms. The normalized spacial score (nSPS) is 16.6. The van der Waals surface area contributed by atoms with Gasteiger partial charge in [0.1, 0.15) is 5.75 Å². The third-order valence-electron chi connectivity index (χ3n) is 4.78. The van der Waals surface area contributed by atoms with Gasteiger partial charge < -0.3 is 15.0 Å². The van der Waals surface area contributed by atoms with Crippen molar-refractivity contribution in [2.75, 3.05) is 13.7 Å². The van der Waals surface area contributed by atoms with E-state index in [1.54, 1.807) is 19.2 Å². The molecule has 3 aromatic rings. The van der Waals surface area contributed by atoms with Gasteiger partial charge in [-0.25, -0.2) is 0 Å². The maximum absolute atomic E-state index is 11.1. The number of quaternary nitrogens is 1. The monoisotopic (exact) mass is 358 g/mol. The molecule has 128 valence electrons. The summed E-state index contributed by atoms with van der Waals surface area (Å²) in [4.78, 5) is 14.2. The van der Waals surface area contributed by atoms with Crippen molar-refractivity contribution in [2.24, 2.45) is 0 Å². The number of nitrogens with two attached hydrogens (primary N) is 1. The van der Waals surface area contributed by atoms with Gasteiger partial charge in [-0.2, -0.15) is 0 Å². The molecule has 1 aliphatic rings. The minimum atomic E-state index is -0.389. The molecule has 2 aromatic carbocycles. The molecule has 0 unspecified atom stereocenters. The Morgan fingerprint density at radius 2 is 2.16 bits per heavy atom. The second-order valence-electron chi connectivity index (χ2n) is 6.14. The molecule has 0 fully saturated rings. The molecule has 0 saturated heterocycles. The zero-order valence-electron chi connectivity index (χ0n) is 13.6. The number of aromatic nitrogens is 1. The molecular weight excluding hydrogens is 342 g/mol. The van der Waals surface area contributed by atoms with E-state index in [2.05, 4.69) is 10.3 Å². The fourth-order valence-electron chi connectivity index (χ4n) is 3.59. The smallest absolute Gasteiger partial charge is 0.270 e. The number of H-pyrrole nitrogens is 1. The van der Waals surface area contributed by atoms with Gasteiger partial charge in [0.2, 0.25) is 0 Å². The first-order valence-corrected chi connectivity index (χ1v) is 8.42. The van der Waals surface area contributed by atoms with Crippen molar-refractivity contribution < 1.29 is 15.0 Å². The van der Waals surface area contributed by atoms with Crippen LogP contribution in [-0.2, 0) is 6.42 Å². The van der Waals surface area contributed by atoms with Crippen LogP contribution in [0.15, 0.2) is 36.4 Å². The topological polar surface area (TPSA) is 84.8 Å².